The highest BCUT2D eigenvalue weighted by Gasteiger charge is 2.36. The zero-order valence-corrected chi connectivity index (χ0v) is 11.9. The van der Waals surface area contributed by atoms with Crippen LogP contribution in [0.25, 0.3) is 0 Å². The van der Waals surface area contributed by atoms with E-state index in [1.807, 2.05) is 11.8 Å². The van der Waals surface area contributed by atoms with Gasteiger partial charge in [-0.3, -0.25) is 4.79 Å². The largest absolute Gasteiger partial charge is 0.368 e. The maximum atomic E-state index is 12.6. The minimum absolute atomic E-state index is 0.0757. The van der Waals surface area contributed by atoms with Crippen LogP contribution in [0.2, 0.25) is 0 Å². The summed E-state index contributed by atoms with van der Waals surface area (Å²) in [6.07, 6.45) is 5.28. The van der Waals surface area contributed by atoms with Crippen LogP contribution >= 0.6 is 0 Å². The van der Waals surface area contributed by atoms with Crippen molar-refractivity contribution in [1.29, 1.82) is 0 Å². The number of hydrogen-bond donors (Lipinski definition) is 0. The molecular weight excluding hydrogens is 258 g/mol. The molecule has 0 aromatic carbocycles. The zero-order valence-electron chi connectivity index (χ0n) is 11.9. The van der Waals surface area contributed by atoms with Gasteiger partial charge in [0.15, 0.2) is 5.82 Å². The highest BCUT2D eigenvalue weighted by atomic mass is 16.5. The number of carbonyl (C=O) groups is 1. The molecule has 2 aliphatic rings. The summed E-state index contributed by atoms with van der Waals surface area (Å²) < 4.78 is 10.9. The van der Waals surface area contributed by atoms with E-state index in [2.05, 4.69) is 10.1 Å². The van der Waals surface area contributed by atoms with E-state index in [1.54, 1.807) is 0 Å². The number of carbonyl (C=O) groups excluding carboxylic acids is 1. The Hall–Kier alpha value is -1.43. The van der Waals surface area contributed by atoms with Crippen molar-refractivity contribution in [2.45, 2.75) is 57.6 Å². The van der Waals surface area contributed by atoms with Crippen LogP contribution in [-0.4, -0.2) is 40.2 Å². The molecule has 0 saturated carbocycles. The summed E-state index contributed by atoms with van der Waals surface area (Å²) in [4.78, 5) is 18.9. The third-order valence-corrected chi connectivity index (χ3v) is 4.08. The van der Waals surface area contributed by atoms with Gasteiger partial charge < -0.3 is 14.2 Å². The molecule has 0 radical (unpaired) electrons. The first-order chi connectivity index (χ1) is 9.79. The summed E-state index contributed by atoms with van der Waals surface area (Å²) in [5.74, 6) is 1.37. The van der Waals surface area contributed by atoms with Crippen LogP contribution in [0, 0.1) is 0 Å². The van der Waals surface area contributed by atoms with Crippen LogP contribution in [0.3, 0.4) is 0 Å². The Morgan fingerprint density at radius 2 is 2.25 bits per heavy atom. The lowest BCUT2D eigenvalue weighted by atomic mass is 10.0. The number of likely N-dealkylation sites (tertiary alicyclic amines) is 1. The molecule has 2 atom stereocenters. The van der Waals surface area contributed by atoms with Crippen LogP contribution in [0.1, 0.15) is 56.8 Å². The van der Waals surface area contributed by atoms with Gasteiger partial charge in [0.1, 0.15) is 12.1 Å². The van der Waals surface area contributed by atoms with E-state index < -0.39 is 0 Å². The normalized spacial score (nSPS) is 26.9. The highest BCUT2D eigenvalue weighted by Crippen LogP contribution is 2.31. The molecule has 1 aromatic heterocycles. The average Bonchev–Trinajstić information content (AvgIpc) is 3.17. The molecule has 0 unspecified atom stereocenters. The Kier molecular flexibility index (Phi) is 4.00. The molecule has 2 aliphatic heterocycles. The molecule has 6 heteroatoms. The molecule has 110 valence electrons. The second-order valence-electron chi connectivity index (χ2n) is 5.45. The van der Waals surface area contributed by atoms with E-state index in [9.17, 15) is 4.79 Å². The quantitative estimate of drug-likeness (QED) is 0.844. The second kappa shape index (κ2) is 5.91. The summed E-state index contributed by atoms with van der Waals surface area (Å²) in [5.41, 5.74) is 0. The average molecular weight is 279 g/mol. The fourth-order valence-corrected chi connectivity index (χ4v) is 2.96. The van der Waals surface area contributed by atoms with Gasteiger partial charge in [-0.2, -0.15) is 4.98 Å². The standard InChI is InChI=1S/C14H21N3O3/c1-2-12-15-13(20-16-12)10-6-3-4-8-17(10)14(18)11-7-5-9-19-11/h10-11H,2-9H2,1H3/t10-,11-/m1/s1. The minimum atomic E-state index is -0.274. The van der Waals surface area contributed by atoms with Crippen LogP contribution in [-0.2, 0) is 16.0 Å². The highest BCUT2D eigenvalue weighted by molar-refractivity contribution is 5.81. The van der Waals surface area contributed by atoms with Gasteiger partial charge >= 0.3 is 0 Å². The monoisotopic (exact) mass is 279 g/mol. The summed E-state index contributed by atoms with van der Waals surface area (Å²) in [6.45, 7) is 3.44. The van der Waals surface area contributed by atoms with Gasteiger partial charge in [-0.25, -0.2) is 0 Å². The Balaban J connectivity index is 1.77. The molecule has 0 N–H and O–H groups in total. The lowest BCUT2D eigenvalue weighted by Crippen LogP contribution is -2.44. The van der Waals surface area contributed by atoms with Crippen molar-refractivity contribution >= 4 is 5.91 Å². The van der Waals surface area contributed by atoms with Crippen molar-refractivity contribution in [1.82, 2.24) is 15.0 Å². The van der Waals surface area contributed by atoms with Gasteiger partial charge in [0.2, 0.25) is 5.89 Å². The fourth-order valence-electron chi connectivity index (χ4n) is 2.96. The van der Waals surface area contributed by atoms with Crippen molar-refractivity contribution in [3.63, 3.8) is 0 Å². The number of hydrogen-bond acceptors (Lipinski definition) is 5. The number of ether oxygens (including phenoxy) is 1. The summed E-state index contributed by atoms with van der Waals surface area (Å²) in [6, 6.07) is -0.0757. The smallest absolute Gasteiger partial charge is 0.252 e. The molecule has 6 nitrogen and oxygen atoms in total. The van der Waals surface area contributed by atoms with Crippen molar-refractivity contribution in [3.8, 4) is 0 Å². The Morgan fingerprint density at radius 1 is 1.35 bits per heavy atom. The number of aromatic nitrogens is 2. The first kappa shape index (κ1) is 13.5. The van der Waals surface area contributed by atoms with Crippen molar-refractivity contribution in [2.75, 3.05) is 13.2 Å². The number of nitrogens with zero attached hydrogens (tertiary/aromatic N) is 3. The van der Waals surface area contributed by atoms with Gasteiger partial charge in [0, 0.05) is 19.6 Å². The zero-order chi connectivity index (χ0) is 13.9. The number of aryl methyl sites for hydroxylation is 1. The van der Waals surface area contributed by atoms with Gasteiger partial charge in [0.25, 0.3) is 5.91 Å². The molecule has 1 aromatic rings. The molecular formula is C14H21N3O3. The van der Waals surface area contributed by atoms with E-state index >= 15 is 0 Å². The summed E-state index contributed by atoms with van der Waals surface area (Å²) in [7, 11) is 0. The molecule has 3 rings (SSSR count). The molecule has 2 fully saturated rings. The molecule has 0 bridgehead atoms. The van der Waals surface area contributed by atoms with Crippen LogP contribution in [0.15, 0.2) is 4.52 Å². The van der Waals surface area contributed by atoms with Crippen LogP contribution in [0.5, 0.6) is 0 Å². The first-order valence-corrected chi connectivity index (χ1v) is 7.54. The lowest BCUT2D eigenvalue weighted by molar-refractivity contribution is -0.145. The molecule has 0 spiro atoms. The van der Waals surface area contributed by atoms with E-state index in [0.717, 1.165) is 45.1 Å². The third kappa shape index (κ3) is 2.57. The molecule has 1 amide bonds. The van der Waals surface area contributed by atoms with Crippen molar-refractivity contribution in [3.05, 3.63) is 11.7 Å². The summed E-state index contributed by atoms with van der Waals surface area (Å²) >= 11 is 0. The summed E-state index contributed by atoms with van der Waals surface area (Å²) in [5, 5.41) is 3.95. The van der Waals surface area contributed by atoms with Crippen molar-refractivity contribution in [2.24, 2.45) is 0 Å². The maximum Gasteiger partial charge on any atom is 0.252 e. The predicted molar refractivity (Wildman–Crippen MR) is 71.0 cm³/mol. The minimum Gasteiger partial charge on any atom is -0.368 e. The third-order valence-electron chi connectivity index (χ3n) is 4.08. The van der Waals surface area contributed by atoms with Crippen molar-refractivity contribution < 1.29 is 14.1 Å². The molecule has 3 heterocycles. The SMILES string of the molecule is CCc1noc([C@H]2CCCCN2C(=O)[C@H]2CCCO2)n1. The molecule has 0 aliphatic carbocycles. The Bertz CT molecular complexity index is 468. The van der Waals surface area contributed by atoms with Crippen LogP contribution in [0.4, 0.5) is 0 Å². The first-order valence-electron chi connectivity index (χ1n) is 7.54. The predicted octanol–water partition coefficient (Wildman–Crippen LogP) is 1.86. The van der Waals surface area contributed by atoms with Crippen LogP contribution < -0.4 is 0 Å². The Labute approximate surface area is 118 Å². The number of rotatable bonds is 3. The fraction of sp³-hybridized carbons (Fsp3) is 0.786. The van der Waals surface area contributed by atoms with Gasteiger partial charge in [-0.15, -0.1) is 0 Å². The lowest BCUT2D eigenvalue weighted by Gasteiger charge is -2.34. The molecule has 2 saturated heterocycles. The maximum absolute atomic E-state index is 12.6. The van der Waals surface area contributed by atoms with Gasteiger partial charge in [0.05, 0.1) is 0 Å². The van der Waals surface area contributed by atoms with E-state index in [1.165, 1.54) is 0 Å². The number of piperidine rings is 1. The molecule has 20 heavy (non-hydrogen) atoms. The van der Waals surface area contributed by atoms with E-state index in [4.69, 9.17) is 9.26 Å². The van der Waals surface area contributed by atoms with E-state index in [-0.39, 0.29) is 18.1 Å². The van der Waals surface area contributed by atoms with E-state index in [0.29, 0.717) is 18.3 Å². The van der Waals surface area contributed by atoms with Gasteiger partial charge in [-0.05, 0) is 32.1 Å². The topological polar surface area (TPSA) is 68.5 Å². The Morgan fingerprint density at radius 3 is 2.95 bits per heavy atom. The number of amides is 1. The second-order valence-corrected chi connectivity index (χ2v) is 5.45. The van der Waals surface area contributed by atoms with Gasteiger partial charge in [-0.1, -0.05) is 12.1 Å².